The summed E-state index contributed by atoms with van der Waals surface area (Å²) in [5.74, 6) is 1.29. The number of benzene rings is 2. The topological polar surface area (TPSA) is 74.8 Å². The summed E-state index contributed by atoms with van der Waals surface area (Å²) in [4.78, 5) is 16.2. The molecule has 0 unspecified atom stereocenters. The maximum atomic E-state index is 12.1. The first-order valence-electron chi connectivity index (χ1n) is 8.24. The lowest BCUT2D eigenvalue weighted by atomic mass is 10.2. The molecule has 7 heteroatoms. The highest BCUT2D eigenvalue weighted by atomic mass is 35.5. The van der Waals surface area contributed by atoms with Crippen molar-refractivity contribution in [1.29, 1.82) is 0 Å². The fraction of sp³-hybridized carbons (Fsp3) is 0.263. The third-order valence-corrected chi connectivity index (χ3v) is 3.99. The Labute approximate surface area is 158 Å². The molecular weight excluding hydrogens is 352 g/mol. The molecule has 0 atom stereocenters. The minimum Gasteiger partial charge on any atom is -0.497 e. The molecule has 0 saturated heterocycles. The Kier molecular flexibility index (Phi) is 7.76. The maximum Gasteiger partial charge on any atom is 0.252 e. The second-order valence-corrected chi connectivity index (χ2v) is 5.84. The van der Waals surface area contributed by atoms with Crippen molar-refractivity contribution in [3.05, 3.63) is 64.7 Å². The minimum absolute atomic E-state index is 0.196. The second kappa shape index (κ2) is 10.3. The Morgan fingerprint density at radius 1 is 1.04 bits per heavy atom. The molecule has 2 rings (SSSR count). The zero-order chi connectivity index (χ0) is 18.8. The van der Waals surface area contributed by atoms with Crippen LogP contribution in [-0.4, -0.2) is 39.1 Å². The van der Waals surface area contributed by atoms with Crippen molar-refractivity contribution >= 4 is 23.5 Å². The zero-order valence-corrected chi connectivity index (χ0v) is 15.6. The summed E-state index contributed by atoms with van der Waals surface area (Å²) in [6.45, 7) is 1.63. The fourth-order valence-electron chi connectivity index (χ4n) is 2.25. The Morgan fingerprint density at radius 2 is 1.73 bits per heavy atom. The summed E-state index contributed by atoms with van der Waals surface area (Å²) in [6, 6.07) is 14.8. The SMILES string of the molecule is CN=C(NCCNC(=O)c1ccccc1Cl)NCc1ccc(OC)cc1. The average Bonchev–Trinajstić information content (AvgIpc) is 2.68. The molecule has 6 nitrogen and oxygen atoms in total. The standard InChI is InChI=1S/C19H23ClN4O2/c1-21-19(24-13-14-7-9-15(26-2)10-8-14)23-12-11-22-18(25)16-5-3-4-6-17(16)20/h3-10H,11-13H2,1-2H3,(H,22,25)(H2,21,23,24). The van der Waals surface area contributed by atoms with Crippen LogP contribution in [0.4, 0.5) is 0 Å². The van der Waals surface area contributed by atoms with E-state index in [1.807, 2.05) is 24.3 Å². The van der Waals surface area contributed by atoms with Crippen molar-refractivity contribution in [2.45, 2.75) is 6.54 Å². The van der Waals surface area contributed by atoms with Gasteiger partial charge < -0.3 is 20.7 Å². The Balaban J connectivity index is 1.71. The van der Waals surface area contributed by atoms with Gasteiger partial charge in [-0.05, 0) is 29.8 Å². The van der Waals surface area contributed by atoms with Crippen LogP contribution in [0, 0.1) is 0 Å². The van der Waals surface area contributed by atoms with Crippen LogP contribution in [0.1, 0.15) is 15.9 Å². The van der Waals surface area contributed by atoms with Gasteiger partial charge in [0, 0.05) is 26.7 Å². The summed E-state index contributed by atoms with van der Waals surface area (Å²) in [5.41, 5.74) is 1.58. The smallest absolute Gasteiger partial charge is 0.252 e. The molecule has 0 aliphatic carbocycles. The first kappa shape index (κ1) is 19.6. The van der Waals surface area contributed by atoms with Crippen LogP contribution in [0.3, 0.4) is 0 Å². The van der Waals surface area contributed by atoms with E-state index in [-0.39, 0.29) is 5.91 Å². The lowest BCUT2D eigenvalue weighted by Gasteiger charge is -2.13. The Hall–Kier alpha value is -2.73. The number of ether oxygens (including phenoxy) is 1. The number of carbonyl (C=O) groups is 1. The van der Waals surface area contributed by atoms with Crippen molar-refractivity contribution in [3.63, 3.8) is 0 Å². The van der Waals surface area contributed by atoms with Gasteiger partial charge in [-0.2, -0.15) is 0 Å². The molecule has 0 fully saturated rings. The third-order valence-electron chi connectivity index (χ3n) is 3.66. The Morgan fingerprint density at radius 3 is 2.38 bits per heavy atom. The molecule has 0 heterocycles. The lowest BCUT2D eigenvalue weighted by Crippen LogP contribution is -2.41. The van der Waals surface area contributed by atoms with E-state index in [4.69, 9.17) is 16.3 Å². The molecule has 2 aromatic rings. The number of aliphatic imine (C=N–C) groups is 1. The number of hydrogen-bond acceptors (Lipinski definition) is 3. The maximum absolute atomic E-state index is 12.1. The van der Waals surface area contributed by atoms with E-state index in [1.54, 1.807) is 38.4 Å². The monoisotopic (exact) mass is 374 g/mol. The zero-order valence-electron chi connectivity index (χ0n) is 14.9. The summed E-state index contributed by atoms with van der Waals surface area (Å²) >= 11 is 6.01. The molecule has 0 aliphatic rings. The number of amides is 1. The van der Waals surface area contributed by atoms with Gasteiger partial charge in [0.2, 0.25) is 0 Å². The van der Waals surface area contributed by atoms with Crippen LogP contribution in [-0.2, 0) is 6.54 Å². The van der Waals surface area contributed by atoms with E-state index in [9.17, 15) is 4.79 Å². The normalized spacial score (nSPS) is 11.0. The van der Waals surface area contributed by atoms with E-state index in [0.29, 0.717) is 36.2 Å². The number of hydrogen-bond donors (Lipinski definition) is 3. The van der Waals surface area contributed by atoms with Gasteiger partial charge in [0.1, 0.15) is 5.75 Å². The van der Waals surface area contributed by atoms with Crippen molar-refractivity contribution in [2.75, 3.05) is 27.2 Å². The summed E-state index contributed by atoms with van der Waals surface area (Å²) in [6.07, 6.45) is 0. The van der Waals surface area contributed by atoms with Crippen LogP contribution in [0.2, 0.25) is 5.02 Å². The molecule has 3 N–H and O–H groups in total. The van der Waals surface area contributed by atoms with E-state index < -0.39 is 0 Å². The largest absolute Gasteiger partial charge is 0.497 e. The first-order valence-corrected chi connectivity index (χ1v) is 8.62. The number of halogens is 1. The molecule has 0 bridgehead atoms. The number of nitrogens with one attached hydrogen (secondary N) is 3. The molecule has 0 saturated carbocycles. The highest BCUT2D eigenvalue weighted by molar-refractivity contribution is 6.33. The van der Waals surface area contributed by atoms with Crippen LogP contribution in [0.15, 0.2) is 53.5 Å². The number of methoxy groups -OCH3 is 1. The van der Waals surface area contributed by atoms with Crippen LogP contribution in [0.25, 0.3) is 0 Å². The van der Waals surface area contributed by atoms with Crippen molar-refractivity contribution in [3.8, 4) is 5.75 Å². The summed E-state index contributed by atoms with van der Waals surface area (Å²) < 4.78 is 5.14. The van der Waals surface area contributed by atoms with E-state index >= 15 is 0 Å². The lowest BCUT2D eigenvalue weighted by molar-refractivity contribution is 0.0954. The van der Waals surface area contributed by atoms with Gasteiger partial charge in [0.25, 0.3) is 5.91 Å². The van der Waals surface area contributed by atoms with Gasteiger partial charge >= 0.3 is 0 Å². The minimum atomic E-state index is -0.196. The van der Waals surface area contributed by atoms with Crippen molar-refractivity contribution in [1.82, 2.24) is 16.0 Å². The van der Waals surface area contributed by atoms with Gasteiger partial charge in [-0.25, -0.2) is 0 Å². The number of nitrogens with zero attached hydrogens (tertiary/aromatic N) is 1. The van der Waals surface area contributed by atoms with Crippen LogP contribution >= 0.6 is 11.6 Å². The molecular formula is C19H23ClN4O2. The Bertz CT molecular complexity index is 747. The highest BCUT2D eigenvalue weighted by Gasteiger charge is 2.08. The molecule has 2 aromatic carbocycles. The molecule has 0 radical (unpaired) electrons. The average molecular weight is 375 g/mol. The molecule has 0 aliphatic heterocycles. The molecule has 26 heavy (non-hydrogen) atoms. The number of rotatable bonds is 7. The molecule has 1 amide bonds. The van der Waals surface area contributed by atoms with Crippen LogP contribution < -0.4 is 20.7 Å². The molecule has 0 aromatic heterocycles. The van der Waals surface area contributed by atoms with E-state index in [2.05, 4.69) is 20.9 Å². The van der Waals surface area contributed by atoms with E-state index in [1.165, 1.54) is 0 Å². The van der Waals surface area contributed by atoms with Gasteiger partial charge in [-0.1, -0.05) is 35.9 Å². The predicted molar refractivity (Wildman–Crippen MR) is 105 cm³/mol. The quantitative estimate of drug-likeness (QED) is 0.395. The summed E-state index contributed by atoms with van der Waals surface area (Å²) in [7, 11) is 3.34. The van der Waals surface area contributed by atoms with Crippen LogP contribution in [0.5, 0.6) is 5.75 Å². The van der Waals surface area contributed by atoms with Gasteiger partial charge in [0.15, 0.2) is 5.96 Å². The van der Waals surface area contributed by atoms with Gasteiger partial charge in [-0.3, -0.25) is 9.79 Å². The predicted octanol–water partition coefficient (Wildman–Crippen LogP) is 2.44. The number of guanidine groups is 1. The number of carbonyl (C=O) groups excluding carboxylic acids is 1. The third kappa shape index (κ3) is 5.97. The first-order chi connectivity index (χ1) is 12.6. The molecule has 138 valence electrons. The fourth-order valence-corrected chi connectivity index (χ4v) is 2.47. The van der Waals surface area contributed by atoms with E-state index in [0.717, 1.165) is 11.3 Å². The van der Waals surface area contributed by atoms with Crippen molar-refractivity contribution in [2.24, 2.45) is 4.99 Å². The summed E-state index contributed by atoms with van der Waals surface area (Å²) in [5, 5.41) is 9.63. The van der Waals surface area contributed by atoms with Crippen molar-refractivity contribution < 1.29 is 9.53 Å². The van der Waals surface area contributed by atoms with Gasteiger partial charge in [-0.15, -0.1) is 0 Å². The molecule has 0 spiro atoms. The van der Waals surface area contributed by atoms with Gasteiger partial charge in [0.05, 0.1) is 17.7 Å². The highest BCUT2D eigenvalue weighted by Crippen LogP contribution is 2.14. The second-order valence-electron chi connectivity index (χ2n) is 5.44.